The molecule has 0 aliphatic carbocycles. The van der Waals surface area contributed by atoms with Crippen LogP contribution >= 0.6 is 11.6 Å². The maximum atomic E-state index is 12.8. The summed E-state index contributed by atoms with van der Waals surface area (Å²) in [4.78, 5) is 0.988. The summed E-state index contributed by atoms with van der Waals surface area (Å²) < 4.78 is 61.7. The van der Waals surface area contributed by atoms with E-state index in [1.54, 1.807) is 4.90 Å². The van der Waals surface area contributed by atoms with Gasteiger partial charge in [0.1, 0.15) is 0 Å². The van der Waals surface area contributed by atoms with Gasteiger partial charge in [-0.15, -0.1) is 11.6 Å². The van der Waals surface area contributed by atoms with Crippen LogP contribution in [0.25, 0.3) is 0 Å². The molecule has 21 heavy (non-hydrogen) atoms. The Morgan fingerprint density at radius 3 is 2.57 bits per heavy atom. The zero-order chi connectivity index (χ0) is 15.7. The summed E-state index contributed by atoms with van der Waals surface area (Å²) in [6.45, 7) is 0.992. The molecule has 0 N–H and O–H groups in total. The lowest BCUT2D eigenvalue weighted by molar-refractivity contribution is -0.0435. The predicted molar refractivity (Wildman–Crippen MR) is 75.3 cm³/mol. The molecule has 1 aliphatic heterocycles. The molecule has 0 aromatic heterocycles. The van der Waals surface area contributed by atoms with Gasteiger partial charge in [0.15, 0.2) is 0 Å². The third kappa shape index (κ3) is 3.29. The van der Waals surface area contributed by atoms with E-state index in [1.807, 2.05) is 0 Å². The molecule has 1 unspecified atom stereocenters. The highest BCUT2D eigenvalue weighted by molar-refractivity contribution is 7.92. The van der Waals surface area contributed by atoms with E-state index in [0.717, 1.165) is 18.9 Å². The zero-order valence-electron chi connectivity index (χ0n) is 11.1. The molecular formula is C13H15ClF3NO2S. The average molecular weight is 342 g/mol. The van der Waals surface area contributed by atoms with Crippen LogP contribution in [0.1, 0.15) is 12.8 Å². The first-order valence-corrected chi connectivity index (χ1v) is 8.50. The molecule has 0 radical (unpaired) electrons. The molecule has 1 aromatic rings. The van der Waals surface area contributed by atoms with Gasteiger partial charge in [-0.2, -0.15) is 13.2 Å². The molecule has 3 nitrogen and oxygen atoms in total. The first kappa shape index (κ1) is 16.4. The minimum atomic E-state index is -5.36. The van der Waals surface area contributed by atoms with Crippen LogP contribution in [0.4, 0.5) is 18.9 Å². The van der Waals surface area contributed by atoms with Crippen molar-refractivity contribution in [2.75, 3.05) is 23.9 Å². The smallest absolute Gasteiger partial charge is 0.370 e. The Morgan fingerprint density at radius 1 is 1.29 bits per heavy atom. The van der Waals surface area contributed by atoms with E-state index in [2.05, 4.69) is 0 Å². The lowest BCUT2D eigenvalue weighted by atomic mass is 9.99. The van der Waals surface area contributed by atoms with Gasteiger partial charge >= 0.3 is 5.51 Å². The van der Waals surface area contributed by atoms with Crippen LogP contribution in [-0.4, -0.2) is 32.9 Å². The third-order valence-corrected chi connectivity index (χ3v) is 5.51. The standard InChI is InChI=1S/C13H15ClF3NO2S/c14-8-10-4-3-7-18(9-10)11-5-1-2-6-12(11)21(19,20)13(15,16)17/h1-2,5-6,10H,3-4,7-9H2. The van der Waals surface area contributed by atoms with Gasteiger partial charge in [0, 0.05) is 19.0 Å². The number of piperidine rings is 1. The zero-order valence-corrected chi connectivity index (χ0v) is 12.7. The van der Waals surface area contributed by atoms with Crippen molar-refractivity contribution in [3.05, 3.63) is 24.3 Å². The predicted octanol–water partition coefficient (Wildman–Crippen LogP) is 3.44. The highest BCUT2D eigenvalue weighted by atomic mass is 35.5. The Bertz CT molecular complexity index is 604. The lowest BCUT2D eigenvalue weighted by Gasteiger charge is -2.34. The Kier molecular flexibility index (Phi) is 4.72. The molecule has 1 fully saturated rings. The van der Waals surface area contributed by atoms with Gasteiger partial charge in [-0.05, 0) is 30.9 Å². The summed E-state index contributed by atoms with van der Waals surface area (Å²) >= 11 is 5.81. The van der Waals surface area contributed by atoms with Gasteiger partial charge in [-0.3, -0.25) is 0 Å². The minimum Gasteiger partial charge on any atom is -0.370 e. The van der Waals surface area contributed by atoms with Crippen LogP contribution in [-0.2, 0) is 9.84 Å². The van der Waals surface area contributed by atoms with Crippen molar-refractivity contribution in [2.45, 2.75) is 23.2 Å². The molecule has 1 aromatic carbocycles. The van der Waals surface area contributed by atoms with Gasteiger partial charge in [0.25, 0.3) is 9.84 Å². The van der Waals surface area contributed by atoms with E-state index in [0.29, 0.717) is 19.0 Å². The highest BCUT2D eigenvalue weighted by Gasteiger charge is 2.48. The Hall–Kier alpha value is -0.950. The highest BCUT2D eigenvalue weighted by Crippen LogP contribution is 2.37. The summed E-state index contributed by atoms with van der Waals surface area (Å²) in [5.41, 5.74) is -5.20. The normalized spacial score (nSPS) is 20.6. The SMILES string of the molecule is O=S(=O)(c1ccccc1N1CCCC(CCl)C1)C(F)(F)F. The molecule has 8 heteroatoms. The number of hydrogen-bond donors (Lipinski definition) is 0. The molecule has 1 aliphatic rings. The van der Waals surface area contributed by atoms with Crippen LogP contribution in [0.5, 0.6) is 0 Å². The molecule has 0 saturated carbocycles. The van der Waals surface area contributed by atoms with E-state index in [9.17, 15) is 21.6 Å². The Balaban J connectivity index is 2.43. The quantitative estimate of drug-likeness (QED) is 0.790. The van der Waals surface area contributed by atoms with Crippen molar-refractivity contribution < 1.29 is 21.6 Å². The minimum absolute atomic E-state index is 0.102. The van der Waals surface area contributed by atoms with Gasteiger partial charge in [0.2, 0.25) is 0 Å². The number of nitrogens with zero attached hydrogens (tertiary/aromatic N) is 1. The van der Waals surface area contributed by atoms with E-state index >= 15 is 0 Å². The second kappa shape index (κ2) is 6.04. The monoisotopic (exact) mass is 341 g/mol. The molecule has 0 spiro atoms. The lowest BCUT2D eigenvalue weighted by Crippen LogP contribution is -2.37. The van der Waals surface area contributed by atoms with Crippen molar-refractivity contribution >= 4 is 27.1 Å². The largest absolute Gasteiger partial charge is 0.501 e. The van der Waals surface area contributed by atoms with E-state index in [4.69, 9.17) is 11.6 Å². The number of para-hydroxylation sites is 1. The van der Waals surface area contributed by atoms with Crippen molar-refractivity contribution in [2.24, 2.45) is 5.92 Å². The number of anilines is 1. The average Bonchev–Trinajstić information content (AvgIpc) is 2.46. The topological polar surface area (TPSA) is 37.4 Å². The van der Waals surface area contributed by atoms with E-state index in [-0.39, 0.29) is 11.6 Å². The van der Waals surface area contributed by atoms with Crippen molar-refractivity contribution in [3.8, 4) is 0 Å². The molecule has 1 heterocycles. The fourth-order valence-corrected chi connectivity index (χ4v) is 3.71. The number of hydrogen-bond acceptors (Lipinski definition) is 3. The fraction of sp³-hybridized carbons (Fsp3) is 0.538. The molecule has 1 saturated heterocycles. The van der Waals surface area contributed by atoms with Crippen LogP contribution in [0.3, 0.4) is 0 Å². The Morgan fingerprint density at radius 2 is 1.95 bits per heavy atom. The van der Waals surface area contributed by atoms with Gasteiger partial charge in [-0.1, -0.05) is 12.1 Å². The number of alkyl halides is 4. The second-order valence-corrected chi connectivity index (χ2v) is 7.24. The molecule has 0 bridgehead atoms. The summed E-state index contributed by atoms with van der Waals surface area (Å²) in [5.74, 6) is 0.562. The first-order valence-electron chi connectivity index (χ1n) is 6.48. The van der Waals surface area contributed by atoms with Crippen LogP contribution < -0.4 is 4.90 Å². The third-order valence-electron chi connectivity index (χ3n) is 3.54. The first-order chi connectivity index (χ1) is 9.77. The van der Waals surface area contributed by atoms with E-state index < -0.39 is 20.2 Å². The van der Waals surface area contributed by atoms with Gasteiger partial charge in [-0.25, -0.2) is 8.42 Å². The summed E-state index contributed by atoms with van der Waals surface area (Å²) in [5, 5.41) is 0. The van der Waals surface area contributed by atoms with Crippen LogP contribution in [0.15, 0.2) is 29.2 Å². The van der Waals surface area contributed by atoms with Crippen LogP contribution in [0.2, 0.25) is 0 Å². The maximum Gasteiger partial charge on any atom is 0.501 e. The Labute approximate surface area is 126 Å². The number of rotatable bonds is 3. The molecular weight excluding hydrogens is 327 g/mol. The van der Waals surface area contributed by atoms with Crippen LogP contribution in [0, 0.1) is 5.92 Å². The van der Waals surface area contributed by atoms with Crippen molar-refractivity contribution in [3.63, 3.8) is 0 Å². The van der Waals surface area contributed by atoms with Crippen molar-refractivity contribution in [1.29, 1.82) is 0 Å². The second-order valence-electron chi connectivity index (χ2n) is 5.03. The molecule has 1 atom stereocenters. The van der Waals surface area contributed by atoms with Gasteiger partial charge in [0.05, 0.1) is 10.6 Å². The summed E-state index contributed by atoms with van der Waals surface area (Å²) in [7, 11) is -5.36. The summed E-state index contributed by atoms with van der Waals surface area (Å²) in [6, 6.07) is 5.25. The van der Waals surface area contributed by atoms with Crippen molar-refractivity contribution in [1.82, 2.24) is 0 Å². The number of sulfone groups is 1. The number of benzene rings is 1. The van der Waals surface area contributed by atoms with Gasteiger partial charge < -0.3 is 4.90 Å². The fourth-order valence-electron chi connectivity index (χ4n) is 2.48. The summed E-state index contributed by atoms with van der Waals surface area (Å²) in [6.07, 6.45) is 1.67. The molecule has 118 valence electrons. The van der Waals surface area contributed by atoms with E-state index in [1.165, 1.54) is 18.2 Å². The maximum absolute atomic E-state index is 12.8. The number of halogens is 4. The molecule has 0 amide bonds. The molecule has 2 rings (SSSR count).